The van der Waals surface area contributed by atoms with Gasteiger partial charge in [0.05, 0.1) is 0 Å². The molecule has 0 amide bonds. The van der Waals surface area contributed by atoms with Crippen molar-refractivity contribution in [2.24, 2.45) is 0 Å². The third-order valence-electron chi connectivity index (χ3n) is 2.82. The number of carbonyl (C=O) groups excluding carboxylic acids is 1. The van der Waals surface area contributed by atoms with Crippen LogP contribution in [0.2, 0.25) is 0 Å². The van der Waals surface area contributed by atoms with Gasteiger partial charge < -0.3 is 0 Å². The number of halogens is 2. The first-order valence-corrected chi connectivity index (χ1v) is 14.8. The van der Waals surface area contributed by atoms with E-state index in [-0.39, 0.29) is 5.78 Å². The summed E-state index contributed by atoms with van der Waals surface area (Å²) in [7, 11) is -2.27. The van der Waals surface area contributed by atoms with Crippen LogP contribution in [0.4, 0.5) is 0 Å². The Morgan fingerprint density at radius 1 is 0.765 bits per heavy atom. The van der Waals surface area contributed by atoms with E-state index < -0.39 is 9.23 Å². The van der Waals surface area contributed by atoms with Crippen LogP contribution in [-0.4, -0.2) is 15.0 Å². The molecule has 0 aliphatic carbocycles. The van der Waals surface area contributed by atoms with Gasteiger partial charge in [0.1, 0.15) is 0 Å². The molecule has 0 N–H and O–H groups in total. The van der Waals surface area contributed by atoms with Crippen LogP contribution in [0.5, 0.6) is 0 Å². The fourth-order valence-electron chi connectivity index (χ4n) is 2.02. The zero-order valence-corrected chi connectivity index (χ0v) is 13.6. The Morgan fingerprint density at radius 3 is 1.65 bits per heavy atom. The molecule has 1 aliphatic heterocycles. The second kappa shape index (κ2) is 4.06. The van der Waals surface area contributed by atoms with Crippen LogP contribution in [0.3, 0.4) is 0 Å². The minimum absolute atomic E-state index is 0.128. The fourth-order valence-corrected chi connectivity index (χ4v) is 11.3. The van der Waals surface area contributed by atoms with E-state index in [2.05, 4.69) is 28.2 Å². The molecule has 0 spiro atoms. The molecular weight excluding hydrogens is 411 g/mol. The standard InChI is InChI=1S/C13H8Br2OSe/c14-17(15)11-7-3-1-5-9(11)13(16)10-6-2-4-8-12(10)17/h1-8H. The molecule has 2 aromatic carbocycles. The summed E-state index contributed by atoms with van der Waals surface area (Å²) in [5.41, 5.74) is 1.64. The third kappa shape index (κ3) is 1.66. The van der Waals surface area contributed by atoms with Crippen LogP contribution in [0, 0.1) is 0 Å². The molecule has 17 heavy (non-hydrogen) atoms. The molecule has 2 aromatic rings. The van der Waals surface area contributed by atoms with Crippen molar-refractivity contribution in [1.82, 2.24) is 0 Å². The summed E-state index contributed by atoms with van der Waals surface area (Å²) in [4.78, 5) is 12.4. The van der Waals surface area contributed by atoms with Gasteiger partial charge in [-0.1, -0.05) is 0 Å². The second-order valence-corrected chi connectivity index (χ2v) is 22.2. The van der Waals surface area contributed by atoms with Crippen LogP contribution in [0.1, 0.15) is 15.9 Å². The summed E-state index contributed by atoms with van der Waals surface area (Å²) in [5.74, 6) is 0.128. The first kappa shape index (κ1) is 11.7. The van der Waals surface area contributed by atoms with E-state index in [1.807, 2.05) is 48.5 Å². The van der Waals surface area contributed by atoms with Crippen molar-refractivity contribution in [2.45, 2.75) is 0 Å². The van der Waals surface area contributed by atoms with Crippen molar-refractivity contribution >= 4 is 52.2 Å². The number of carbonyl (C=O) groups is 1. The van der Waals surface area contributed by atoms with E-state index in [1.54, 1.807) is 0 Å². The van der Waals surface area contributed by atoms with Gasteiger partial charge >= 0.3 is 117 Å². The maximum atomic E-state index is 12.4. The van der Waals surface area contributed by atoms with Crippen molar-refractivity contribution in [2.75, 3.05) is 0 Å². The summed E-state index contributed by atoms with van der Waals surface area (Å²) in [6, 6.07) is 15.7. The molecule has 86 valence electrons. The molecule has 0 radical (unpaired) electrons. The molecule has 0 bridgehead atoms. The quantitative estimate of drug-likeness (QED) is 0.601. The van der Waals surface area contributed by atoms with E-state index >= 15 is 0 Å². The third-order valence-corrected chi connectivity index (χ3v) is 13.9. The molecule has 0 saturated carbocycles. The molecule has 0 aromatic heterocycles. The van der Waals surface area contributed by atoms with E-state index in [1.165, 1.54) is 0 Å². The van der Waals surface area contributed by atoms with Crippen molar-refractivity contribution in [1.29, 1.82) is 0 Å². The van der Waals surface area contributed by atoms with Gasteiger partial charge in [0.15, 0.2) is 0 Å². The molecule has 0 unspecified atom stereocenters. The van der Waals surface area contributed by atoms with E-state index in [0.29, 0.717) is 0 Å². The average Bonchev–Trinajstić information content (AvgIpc) is 2.37. The van der Waals surface area contributed by atoms with Crippen molar-refractivity contribution in [3.05, 3.63) is 59.7 Å². The van der Waals surface area contributed by atoms with Crippen LogP contribution < -0.4 is 8.92 Å². The summed E-state index contributed by atoms with van der Waals surface area (Å²) >= 11 is 7.68. The van der Waals surface area contributed by atoms with Gasteiger partial charge in [-0.25, -0.2) is 0 Å². The molecular formula is C13H8Br2OSe. The molecule has 3 rings (SSSR count). The fraction of sp³-hybridized carbons (Fsp3) is 0. The Kier molecular flexibility index (Phi) is 2.79. The van der Waals surface area contributed by atoms with Crippen LogP contribution in [0.15, 0.2) is 48.5 Å². The van der Waals surface area contributed by atoms with Gasteiger partial charge in [0.25, 0.3) is 0 Å². The predicted octanol–water partition coefficient (Wildman–Crippen LogP) is 2.58. The maximum absolute atomic E-state index is 12.4. The Labute approximate surface area is 116 Å². The Hall–Kier alpha value is -0.411. The predicted molar refractivity (Wildman–Crippen MR) is 79.2 cm³/mol. The van der Waals surface area contributed by atoms with Gasteiger partial charge in [-0.3, -0.25) is 0 Å². The van der Waals surface area contributed by atoms with E-state index in [0.717, 1.165) is 20.1 Å². The van der Waals surface area contributed by atoms with Gasteiger partial charge in [-0.15, -0.1) is 0 Å². The van der Waals surface area contributed by atoms with E-state index in [9.17, 15) is 4.79 Å². The SMILES string of the molecule is O=C1c2ccccc2[Se](Br)(Br)c2ccccc21. The van der Waals surface area contributed by atoms with Crippen molar-refractivity contribution < 1.29 is 4.79 Å². The molecule has 0 atom stereocenters. The average molecular weight is 419 g/mol. The molecule has 4 heteroatoms. The number of benzene rings is 2. The summed E-state index contributed by atoms with van der Waals surface area (Å²) < 4.78 is 2.24. The van der Waals surface area contributed by atoms with Crippen molar-refractivity contribution in [3.63, 3.8) is 0 Å². The molecule has 1 aliphatic rings. The molecule has 1 nitrogen and oxygen atoms in total. The number of hydrogen-bond acceptors (Lipinski definition) is 1. The number of ketones is 1. The minimum atomic E-state index is -2.27. The van der Waals surface area contributed by atoms with Crippen LogP contribution in [-0.2, 0) is 0 Å². The van der Waals surface area contributed by atoms with E-state index in [4.69, 9.17) is 0 Å². The van der Waals surface area contributed by atoms with Crippen LogP contribution >= 0.6 is 28.2 Å². The first-order chi connectivity index (χ1) is 8.12. The summed E-state index contributed by atoms with van der Waals surface area (Å²) in [6.07, 6.45) is 0. The first-order valence-electron chi connectivity index (χ1n) is 5.08. The Balaban J connectivity index is 2.38. The second-order valence-electron chi connectivity index (χ2n) is 3.79. The van der Waals surface area contributed by atoms with Crippen LogP contribution in [0.25, 0.3) is 0 Å². The number of hydrogen-bond donors (Lipinski definition) is 0. The van der Waals surface area contributed by atoms with Crippen molar-refractivity contribution in [3.8, 4) is 0 Å². The molecule has 1 heterocycles. The topological polar surface area (TPSA) is 17.1 Å². The van der Waals surface area contributed by atoms with Gasteiger partial charge in [-0.05, 0) is 0 Å². The summed E-state index contributed by atoms with van der Waals surface area (Å²) in [5, 5.41) is 0. The Morgan fingerprint density at radius 2 is 1.18 bits per heavy atom. The monoisotopic (exact) mass is 418 g/mol. The zero-order chi connectivity index (χ0) is 12.0. The Bertz CT molecular complexity index is 571. The normalized spacial score (nSPS) is 18.1. The summed E-state index contributed by atoms with van der Waals surface area (Å²) in [6.45, 7) is 0. The molecule has 0 saturated heterocycles. The van der Waals surface area contributed by atoms with Gasteiger partial charge in [0.2, 0.25) is 0 Å². The number of fused-ring (bicyclic) bond motifs is 2. The van der Waals surface area contributed by atoms with Gasteiger partial charge in [0, 0.05) is 0 Å². The van der Waals surface area contributed by atoms with Gasteiger partial charge in [-0.2, -0.15) is 0 Å². The number of rotatable bonds is 0. The zero-order valence-electron chi connectivity index (χ0n) is 8.69. The molecule has 0 fully saturated rings.